The van der Waals surface area contributed by atoms with Gasteiger partial charge in [0.1, 0.15) is 5.54 Å². The number of thioether (sulfide) groups is 1. The van der Waals surface area contributed by atoms with Crippen molar-refractivity contribution in [2.75, 3.05) is 11.5 Å². The van der Waals surface area contributed by atoms with Gasteiger partial charge in [-0.05, 0) is 36.9 Å². The van der Waals surface area contributed by atoms with E-state index in [1.54, 1.807) is 11.8 Å². The van der Waals surface area contributed by atoms with Gasteiger partial charge in [0.15, 0.2) is 0 Å². The molecule has 2 N–H and O–H groups in total. The van der Waals surface area contributed by atoms with E-state index >= 15 is 0 Å². The van der Waals surface area contributed by atoms with Crippen molar-refractivity contribution >= 4 is 23.6 Å². The number of rotatable bonds is 3. The van der Waals surface area contributed by atoms with Crippen molar-refractivity contribution in [1.82, 2.24) is 5.32 Å². The fraction of sp³-hybridized carbons (Fsp3) is 0.857. The SMILES string of the molecule is CC1(C)CCCC(C(=O)NC2(C(=O)O)CCSC2)C1. The molecule has 1 amide bonds. The lowest BCUT2D eigenvalue weighted by atomic mass is 9.72. The Morgan fingerprint density at radius 1 is 1.32 bits per heavy atom. The first-order chi connectivity index (χ1) is 8.85. The minimum atomic E-state index is -1.02. The molecule has 1 aliphatic carbocycles. The highest BCUT2D eigenvalue weighted by Gasteiger charge is 2.45. The van der Waals surface area contributed by atoms with E-state index in [0.29, 0.717) is 12.2 Å². The second-order valence-corrected chi connectivity index (χ2v) is 7.74. The van der Waals surface area contributed by atoms with Crippen LogP contribution in [0.5, 0.6) is 0 Å². The minimum Gasteiger partial charge on any atom is -0.479 e. The second-order valence-electron chi connectivity index (χ2n) is 6.64. The van der Waals surface area contributed by atoms with E-state index in [1.165, 1.54) is 0 Å². The molecule has 108 valence electrons. The van der Waals surface area contributed by atoms with Crippen molar-refractivity contribution in [2.45, 2.75) is 51.5 Å². The van der Waals surface area contributed by atoms with Gasteiger partial charge in [-0.1, -0.05) is 20.3 Å². The number of aliphatic carboxylic acids is 1. The van der Waals surface area contributed by atoms with Crippen LogP contribution in [0.2, 0.25) is 0 Å². The highest BCUT2D eigenvalue weighted by atomic mass is 32.2. The van der Waals surface area contributed by atoms with Crippen LogP contribution in [-0.4, -0.2) is 34.0 Å². The molecule has 0 aromatic carbocycles. The third-order valence-electron chi connectivity index (χ3n) is 4.37. The van der Waals surface area contributed by atoms with E-state index in [9.17, 15) is 14.7 Å². The monoisotopic (exact) mass is 285 g/mol. The molecule has 1 heterocycles. The zero-order valence-corrected chi connectivity index (χ0v) is 12.5. The highest BCUT2D eigenvalue weighted by molar-refractivity contribution is 7.99. The molecule has 0 aromatic rings. The molecule has 0 aromatic heterocycles. The zero-order chi connectivity index (χ0) is 14.1. The van der Waals surface area contributed by atoms with Crippen molar-refractivity contribution in [3.05, 3.63) is 0 Å². The van der Waals surface area contributed by atoms with E-state index < -0.39 is 11.5 Å². The van der Waals surface area contributed by atoms with Gasteiger partial charge in [-0.15, -0.1) is 0 Å². The minimum absolute atomic E-state index is 0.0226. The van der Waals surface area contributed by atoms with E-state index in [-0.39, 0.29) is 17.2 Å². The Morgan fingerprint density at radius 2 is 2.05 bits per heavy atom. The Hall–Kier alpha value is -0.710. The van der Waals surface area contributed by atoms with Crippen molar-refractivity contribution in [3.63, 3.8) is 0 Å². The first-order valence-corrected chi connectivity index (χ1v) is 8.13. The highest BCUT2D eigenvalue weighted by Crippen LogP contribution is 2.39. The molecule has 0 bridgehead atoms. The van der Waals surface area contributed by atoms with Gasteiger partial charge < -0.3 is 10.4 Å². The van der Waals surface area contributed by atoms with Crippen LogP contribution in [0.25, 0.3) is 0 Å². The number of nitrogens with one attached hydrogen (secondary N) is 1. The molecular weight excluding hydrogens is 262 g/mol. The Labute approximate surface area is 118 Å². The molecule has 1 aliphatic heterocycles. The summed E-state index contributed by atoms with van der Waals surface area (Å²) in [6.07, 6.45) is 4.49. The Kier molecular flexibility index (Phi) is 4.14. The van der Waals surface area contributed by atoms with Crippen LogP contribution < -0.4 is 5.32 Å². The molecule has 2 aliphatic rings. The molecule has 2 rings (SSSR count). The van der Waals surface area contributed by atoms with Gasteiger partial charge in [-0.2, -0.15) is 11.8 Å². The normalized spacial score (nSPS) is 33.9. The first kappa shape index (κ1) is 14.7. The van der Waals surface area contributed by atoms with Gasteiger partial charge in [0.25, 0.3) is 0 Å². The summed E-state index contributed by atoms with van der Waals surface area (Å²) < 4.78 is 0. The number of hydrogen-bond donors (Lipinski definition) is 2. The van der Waals surface area contributed by atoms with Gasteiger partial charge in [0.2, 0.25) is 5.91 Å². The van der Waals surface area contributed by atoms with Crippen LogP contribution in [0.3, 0.4) is 0 Å². The standard InChI is InChI=1S/C14H23NO3S/c1-13(2)5-3-4-10(8-13)11(16)15-14(12(17)18)6-7-19-9-14/h10H,3-9H2,1-2H3,(H,15,16)(H,17,18). The first-order valence-electron chi connectivity index (χ1n) is 6.98. The lowest BCUT2D eigenvalue weighted by molar-refractivity contribution is -0.147. The van der Waals surface area contributed by atoms with Crippen LogP contribution in [0.4, 0.5) is 0 Å². The van der Waals surface area contributed by atoms with Crippen LogP contribution in [0.1, 0.15) is 46.0 Å². The summed E-state index contributed by atoms with van der Waals surface area (Å²) in [5.41, 5.74) is -0.829. The third kappa shape index (κ3) is 3.25. The molecule has 0 spiro atoms. The molecule has 2 unspecified atom stereocenters. The van der Waals surface area contributed by atoms with Crippen molar-refractivity contribution < 1.29 is 14.7 Å². The quantitative estimate of drug-likeness (QED) is 0.835. The molecule has 1 saturated heterocycles. The molecular formula is C14H23NO3S. The Balaban J connectivity index is 2.02. The number of carboxylic acids is 1. The lowest BCUT2D eigenvalue weighted by Gasteiger charge is -2.36. The number of carbonyl (C=O) groups excluding carboxylic acids is 1. The smallest absolute Gasteiger partial charge is 0.330 e. The van der Waals surface area contributed by atoms with Crippen molar-refractivity contribution in [1.29, 1.82) is 0 Å². The summed E-state index contributed by atoms with van der Waals surface area (Å²) in [5.74, 6) is 0.330. The van der Waals surface area contributed by atoms with Gasteiger partial charge in [0, 0.05) is 11.7 Å². The molecule has 4 nitrogen and oxygen atoms in total. The van der Waals surface area contributed by atoms with Crippen LogP contribution >= 0.6 is 11.8 Å². The number of hydrogen-bond acceptors (Lipinski definition) is 3. The molecule has 19 heavy (non-hydrogen) atoms. The maximum Gasteiger partial charge on any atom is 0.330 e. The van der Waals surface area contributed by atoms with Gasteiger partial charge >= 0.3 is 5.97 Å². The van der Waals surface area contributed by atoms with E-state index in [2.05, 4.69) is 19.2 Å². The summed E-state index contributed by atoms with van der Waals surface area (Å²) >= 11 is 1.60. The van der Waals surface area contributed by atoms with E-state index in [1.807, 2.05) is 0 Å². The molecule has 2 atom stereocenters. The lowest BCUT2D eigenvalue weighted by Crippen LogP contribution is -2.56. The number of carbonyl (C=O) groups is 2. The second kappa shape index (κ2) is 5.35. The van der Waals surface area contributed by atoms with Gasteiger partial charge in [-0.25, -0.2) is 4.79 Å². The van der Waals surface area contributed by atoms with E-state index in [4.69, 9.17) is 0 Å². The predicted molar refractivity (Wildman–Crippen MR) is 76.2 cm³/mol. The van der Waals surface area contributed by atoms with Crippen LogP contribution in [0.15, 0.2) is 0 Å². The molecule has 5 heteroatoms. The topological polar surface area (TPSA) is 66.4 Å². The van der Waals surface area contributed by atoms with Crippen molar-refractivity contribution in [2.24, 2.45) is 11.3 Å². The number of amides is 1. The van der Waals surface area contributed by atoms with Gasteiger partial charge in [0.05, 0.1) is 0 Å². The van der Waals surface area contributed by atoms with Crippen LogP contribution in [0, 0.1) is 11.3 Å². The van der Waals surface area contributed by atoms with Crippen molar-refractivity contribution in [3.8, 4) is 0 Å². The summed E-state index contributed by atoms with van der Waals surface area (Å²) in [6, 6.07) is 0. The average Bonchev–Trinajstić information content (AvgIpc) is 2.77. The fourth-order valence-corrected chi connectivity index (χ4v) is 4.47. The third-order valence-corrected chi connectivity index (χ3v) is 5.56. The summed E-state index contributed by atoms with van der Waals surface area (Å²) in [4.78, 5) is 23.8. The molecule has 2 fully saturated rings. The Morgan fingerprint density at radius 3 is 2.58 bits per heavy atom. The predicted octanol–water partition coefficient (Wildman–Crippen LogP) is 2.28. The van der Waals surface area contributed by atoms with E-state index in [0.717, 1.165) is 31.4 Å². The number of carboxylic acid groups (broad SMARTS) is 1. The average molecular weight is 285 g/mol. The van der Waals surface area contributed by atoms with Gasteiger partial charge in [-0.3, -0.25) is 4.79 Å². The zero-order valence-electron chi connectivity index (χ0n) is 11.7. The maximum atomic E-state index is 12.4. The maximum absolute atomic E-state index is 12.4. The Bertz CT molecular complexity index is 375. The summed E-state index contributed by atoms with van der Waals surface area (Å²) in [5, 5.41) is 12.2. The summed E-state index contributed by atoms with van der Waals surface area (Å²) in [7, 11) is 0. The largest absolute Gasteiger partial charge is 0.479 e. The molecule has 1 saturated carbocycles. The van der Waals surface area contributed by atoms with Crippen LogP contribution in [-0.2, 0) is 9.59 Å². The fourth-order valence-electron chi connectivity index (χ4n) is 3.15. The summed E-state index contributed by atoms with van der Waals surface area (Å²) in [6.45, 7) is 4.37. The molecule has 0 radical (unpaired) electrons.